The number of ether oxygens (including phenoxy) is 3. The zero-order valence-corrected chi connectivity index (χ0v) is 25.8. The SMILES string of the molecule is Cc1ncc(-c2ccc(OCCC(C)C)cn2)c(N2CCC(C)(C)CC2)c1[C@H](OC(C)(C)C)C(=O)OC(C)C. The number of anilines is 1. The van der Waals surface area contributed by atoms with Crippen LogP contribution in [0, 0.1) is 18.3 Å². The van der Waals surface area contributed by atoms with Gasteiger partial charge in [0, 0.05) is 36.1 Å². The van der Waals surface area contributed by atoms with Crippen molar-refractivity contribution in [2.24, 2.45) is 11.3 Å². The monoisotopic (exact) mass is 539 g/mol. The van der Waals surface area contributed by atoms with Gasteiger partial charge in [-0.15, -0.1) is 0 Å². The Labute approximate surface area is 235 Å². The quantitative estimate of drug-likeness (QED) is 0.293. The zero-order chi connectivity index (χ0) is 29.0. The molecule has 0 aromatic carbocycles. The van der Waals surface area contributed by atoms with Gasteiger partial charge in [0.05, 0.1) is 35.9 Å². The largest absolute Gasteiger partial charge is 0.492 e. The van der Waals surface area contributed by atoms with E-state index in [-0.39, 0.29) is 11.5 Å². The van der Waals surface area contributed by atoms with E-state index in [1.54, 1.807) is 6.20 Å². The highest BCUT2D eigenvalue weighted by atomic mass is 16.6. The van der Waals surface area contributed by atoms with Gasteiger partial charge in [-0.1, -0.05) is 27.7 Å². The van der Waals surface area contributed by atoms with E-state index in [4.69, 9.17) is 24.2 Å². The van der Waals surface area contributed by atoms with E-state index in [0.29, 0.717) is 12.5 Å². The average molecular weight is 540 g/mol. The van der Waals surface area contributed by atoms with Crippen LogP contribution in [0.3, 0.4) is 0 Å². The van der Waals surface area contributed by atoms with E-state index in [0.717, 1.165) is 66.3 Å². The number of aromatic nitrogens is 2. The van der Waals surface area contributed by atoms with Crippen LogP contribution in [0.25, 0.3) is 11.3 Å². The van der Waals surface area contributed by atoms with Crippen LogP contribution in [-0.2, 0) is 14.3 Å². The van der Waals surface area contributed by atoms with Crippen molar-refractivity contribution < 1.29 is 19.0 Å². The Morgan fingerprint density at radius 2 is 1.72 bits per heavy atom. The standard InChI is InChI=1S/C32H49N3O4/c1-21(2)13-18-37-24-11-12-26(34-19-24)25-20-33-23(5)27(28(25)35-16-14-32(9,10)15-17-35)29(39-31(6,7)8)30(36)38-22(3)4/h11-12,19-22,29H,13-18H2,1-10H3/t29-/m0/s1. The van der Waals surface area contributed by atoms with Crippen LogP contribution in [0.5, 0.6) is 5.75 Å². The zero-order valence-electron chi connectivity index (χ0n) is 25.8. The lowest BCUT2D eigenvalue weighted by molar-refractivity contribution is -0.171. The first-order chi connectivity index (χ1) is 18.2. The lowest BCUT2D eigenvalue weighted by atomic mass is 9.82. The summed E-state index contributed by atoms with van der Waals surface area (Å²) in [6, 6.07) is 3.94. The molecule has 0 N–H and O–H groups in total. The van der Waals surface area contributed by atoms with Crippen LogP contribution in [0.4, 0.5) is 5.69 Å². The second kappa shape index (κ2) is 12.7. The number of hydrogen-bond acceptors (Lipinski definition) is 7. The maximum absolute atomic E-state index is 13.5. The molecule has 0 radical (unpaired) electrons. The second-order valence-corrected chi connectivity index (χ2v) is 13.2. The lowest BCUT2D eigenvalue weighted by Crippen LogP contribution is -2.39. The van der Waals surface area contributed by atoms with Gasteiger partial charge in [-0.25, -0.2) is 4.79 Å². The summed E-state index contributed by atoms with van der Waals surface area (Å²) in [7, 11) is 0. The molecule has 39 heavy (non-hydrogen) atoms. The topological polar surface area (TPSA) is 73.8 Å². The molecule has 7 nitrogen and oxygen atoms in total. The third-order valence-corrected chi connectivity index (χ3v) is 7.00. The molecule has 2 aromatic heterocycles. The summed E-state index contributed by atoms with van der Waals surface area (Å²) in [5, 5.41) is 0. The molecule has 0 unspecified atom stereocenters. The summed E-state index contributed by atoms with van der Waals surface area (Å²) >= 11 is 0. The Bertz CT molecular complexity index is 1090. The molecule has 1 aliphatic heterocycles. The predicted octanol–water partition coefficient (Wildman–Crippen LogP) is 7.31. The van der Waals surface area contributed by atoms with Crippen LogP contribution in [0.1, 0.15) is 98.9 Å². The number of carbonyl (C=O) groups is 1. The summed E-state index contributed by atoms with van der Waals surface area (Å²) in [5.41, 5.74) is 3.82. The van der Waals surface area contributed by atoms with E-state index in [2.05, 4.69) is 32.6 Å². The van der Waals surface area contributed by atoms with Gasteiger partial charge in [0.2, 0.25) is 0 Å². The van der Waals surface area contributed by atoms with E-state index >= 15 is 0 Å². The van der Waals surface area contributed by atoms with Crippen molar-refractivity contribution >= 4 is 11.7 Å². The molecule has 1 atom stereocenters. The Morgan fingerprint density at radius 3 is 2.26 bits per heavy atom. The summed E-state index contributed by atoms with van der Waals surface area (Å²) in [5.74, 6) is 0.926. The van der Waals surface area contributed by atoms with Crippen LogP contribution in [-0.4, -0.2) is 47.3 Å². The van der Waals surface area contributed by atoms with Crippen LogP contribution in [0.15, 0.2) is 24.5 Å². The lowest BCUT2D eigenvalue weighted by Gasteiger charge is -2.41. The smallest absolute Gasteiger partial charge is 0.340 e. The normalized spacial score (nSPS) is 16.5. The number of aryl methyl sites for hydroxylation is 1. The fourth-order valence-corrected chi connectivity index (χ4v) is 4.70. The van der Waals surface area contributed by atoms with Crippen molar-refractivity contribution in [2.45, 2.75) is 106 Å². The number of rotatable bonds is 10. The Hall–Kier alpha value is -2.67. The van der Waals surface area contributed by atoms with Crippen LogP contribution >= 0.6 is 0 Å². The number of nitrogens with zero attached hydrogens (tertiary/aromatic N) is 3. The maximum Gasteiger partial charge on any atom is 0.340 e. The third-order valence-electron chi connectivity index (χ3n) is 7.00. The minimum Gasteiger partial charge on any atom is -0.492 e. The van der Waals surface area contributed by atoms with Gasteiger partial charge in [-0.3, -0.25) is 9.97 Å². The van der Waals surface area contributed by atoms with Crippen molar-refractivity contribution in [3.63, 3.8) is 0 Å². The molecule has 2 aromatic rings. The molecule has 216 valence electrons. The highest BCUT2D eigenvalue weighted by Gasteiger charge is 2.37. The number of piperidine rings is 1. The third kappa shape index (κ3) is 8.66. The van der Waals surface area contributed by atoms with Crippen LogP contribution < -0.4 is 9.64 Å². The molecule has 0 bridgehead atoms. The summed E-state index contributed by atoms with van der Waals surface area (Å²) in [6.07, 6.45) is 5.55. The minimum absolute atomic E-state index is 0.260. The first kappa shape index (κ1) is 30.9. The van der Waals surface area contributed by atoms with Crippen LogP contribution in [0.2, 0.25) is 0 Å². The van der Waals surface area contributed by atoms with Crippen molar-refractivity contribution in [1.29, 1.82) is 0 Å². The Balaban J connectivity index is 2.13. The van der Waals surface area contributed by atoms with E-state index in [1.165, 1.54) is 0 Å². The molecule has 0 saturated carbocycles. The van der Waals surface area contributed by atoms with Gasteiger partial charge >= 0.3 is 5.97 Å². The molecule has 3 heterocycles. The minimum atomic E-state index is -0.913. The van der Waals surface area contributed by atoms with Gasteiger partial charge < -0.3 is 19.1 Å². The predicted molar refractivity (Wildman–Crippen MR) is 157 cm³/mol. The average Bonchev–Trinajstić information content (AvgIpc) is 2.82. The molecular weight excluding hydrogens is 490 g/mol. The van der Waals surface area contributed by atoms with Gasteiger partial charge in [-0.2, -0.15) is 0 Å². The van der Waals surface area contributed by atoms with E-state index in [1.807, 2.05) is 59.9 Å². The van der Waals surface area contributed by atoms with Gasteiger partial charge in [0.15, 0.2) is 6.10 Å². The molecule has 0 spiro atoms. The summed E-state index contributed by atoms with van der Waals surface area (Å²) < 4.78 is 18.1. The van der Waals surface area contributed by atoms with Gasteiger partial charge in [0.1, 0.15) is 5.75 Å². The molecule has 0 amide bonds. The summed E-state index contributed by atoms with van der Waals surface area (Å²) in [4.78, 5) is 25.5. The second-order valence-electron chi connectivity index (χ2n) is 13.2. The highest BCUT2D eigenvalue weighted by molar-refractivity contribution is 5.86. The number of pyridine rings is 2. The highest BCUT2D eigenvalue weighted by Crippen LogP contribution is 2.43. The molecule has 1 saturated heterocycles. The van der Waals surface area contributed by atoms with E-state index in [9.17, 15) is 4.79 Å². The fraction of sp³-hybridized carbons (Fsp3) is 0.656. The first-order valence-electron chi connectivity index (χ1n) is 14.4. The number of esters is 1. The van der Waals surface area contributed by atoms with Crippen molar-refractivity contribution in [3.05, 3.63) is 35.8 Å². The summed E-state index contributed by atoms with van der Waals surface area (Å²) in [6.45, 7) is 22.9. The van der Waals surface area contributed by atoms with Crippen molar-refractivity contribution in [2.75, 3.05) is 24.6 Å². The van der Waals surface area contributed by atoms with Gasteiger partial charge in [-0.05, 0) is 84.3 Å². The van der Waals surface area contributed by atoms with E-state index < -0.39 is 17.7 Å². The molecule has 7 heteroatoms. The molecule has 0 aliphatic carbocycles. The number of carbonyl (C=O) groups excluding carboxylic acids is 1. The molecule has 3 rings (SSSR count). The maximum atomic E-state index is 13.5. The molecule has 1 aliphatic rings. The number of hydrogen-bond donors (Lipinski definition) is 0. The first-order valence-corrected chi connectivity index (χ1v) is 14.4. The van der Waals surface area contributed by atoms with Crippen molar-refractivity contribution in [1.82, 2.24) is 9.97 Å². The Kier molecular flexibility index (Phi) is 10.0. The molecular formula is C32H49N3O4. The Morgan fingerprint density at radius 1 is 1.05 bits per heavy atom. The molecule has 1 fully saturated rings. The van der Waals surface area contributed by atoms with Crippen molar-refractivity contribution in [3.8, 4) is 17.0 Å². The van der Waals surface area contributed by atoms with Gasteiger partial charge in [0.25, 0.3) is 0 Å². The fourth-order valence-electron chi connectivity index (χ4n) is 4.70.